The van der Waals surface area contributed by atoms with Crippen LogP contribution in [-0.2, 0) is 24.2 Å². The molecule has 7 aromatic rings. The highest BCUT2D eigenvalue weighted by Gasteiger charge is 2.24. The summed E-state index contributed by atoms with van der Waals surface area (Å²) in [6, 6.07) is 32.4. The highest BCUT2D eigenvalue weighted by atomic mass is 32.2. The number of rotatable bonds is 12. The number of ether oxygens (including phenoxy) is 1. The molecule has 0 bridgehead atoms. The smallest absolute Gasteiger partial charge is 0.241 e. The molecule has 1 fully saturated rings. The van der Waals surface area contributed by atoms with Gasteiger partial charge in [-0.3, -0.25) is 18.7 Å². The SMILES string of the molecule is O=C(CSc1nnc(COc2ccc(C3CCCCC3)cc2)n1-c1ccccc1)Nc1ccc2nc(SCC(=O)n3c4c(c5ccccc53)CCCC4)sc2c1. The highest BCUT2D eigenvalue weighted by molar-refractivity contribution is 8.01. The Bertz CT molecular complexity index is 2500. The number of amides is 1. The summed E-state index contributed by atoms with van der Waals surface area (Å²) in [6.45, 7) is 0.242. The van der Waals surface area contributed by atoms with Gasteiger partial charge in [0.1, 0.15) is 12.4 Å². The Labute approximate surface area is 338 Å². The number of carbonyl (C=O) groups excluding carboxylic acids is 2. The second-order valence-corrected chi connectivity index (χ2v) is 17.6. The molecule has 1 saturated carbocycles. The number of thioether (sulfide) groups is 2. The molecule has 2 aliphatic rings. The third-order valence-electron chi connectivity index (χ3n) is 10.8. The zero-order valence-corrected chi connectivity index (χ0v) is 33.4. The van der Waals surface area contributed by atoms with E-state index in [-0.39, 0.29) is 24.2 Å². The average Bonchev–Trinajstić information content (AvgIpc) is 3.95. The highest BCUT2D eigenvalue weighted by Crippen LogP contribution is 2.36. The maximum Gasteiger partial charge on any atom is 0.241 e. The van der Waals surface area contributed by atoms with Crippen LogP contribution in [0.25, 0.3) is 26.8 Å². The summed E-state index contributed by atoms with van der Waals surface area (Å²) < 4.78 is 11.9. The van der Waals surface area contributed by atoms with Gasteiger partial charge in [0.15, 0.2) is 15.3 Å². The summed E-state index contributed by atoms with van der Waals surface area (Å²) in [4.78, 5) is 31.7. The Morgan fingerprint density at radius 1 is 0.821 bits per heavy atom. The zero-order valence-electron chi connectivity index (χ0n) is 31.0. The number of nitrogens with zero attached hydrogens (tertiary/aromatic N) is 5. The van der Waals surface area contributed by atoms with E-state index in [9.17, 15) is 9.59 Å². The minimum absolute atomic E-state index is 0.0844. The molecular formula is C44H42N6O3S3. The fourth-order valence-corrected chi connectivity index (χ4v) is 10.8. The first kappa shape index (κ1) is 36.7. The number of carbonyl (C=O) groups is 2. The topological polar surface area (TPSA) is 104 Å². The van der Waals surface area contributed by atoms with E-state index in [1.54, 1.807) is 0 Å². The van der Waals surface area contributed by atoms with Crippen LogP contribution < -0.4 is 10.1 Å². The summed E-state index contributed by atoms with van der Waals surface area (Å²) in [5, 5.41) is 13.8. The van der Waals surface area contributed by atoms with Crippen LogP contribution in [0.15, 0.2) is 107 Å². The van der Waals surface area contributed by atoms with Crippen molar-refractivity contribution in [3.63, 3.8) is 0 Å². The molecule has 284 valence electrons. The molecule has 1 N–H and O–H groups in total. The molecule has 0 spiro atoms. The summed E-state index contributed by atoms with van der Waals surface area (Å²) in [6.07, 6.45) is 10.7. The first-order valence-electron chi connectivity index (χ1n) is 19.4. The molecular weight excluding hydrogens is 757 g/mol. The number of nitrogens with one attached hydrogen (secondary N) is 1. The van der Waals surface area contributed by atoms with Crippen molar-refractivity contribution in [2.24, 2.45) is 0 Å². The van der Waals surface area contributed by atoms with Gasteiger partial charge in [0.2, 0.25) is 11.8 Å². The predicted octanol–water partition coefficient (Wildman–Crippen LogP) is 10.5. The van der Waals surface area contributed by atoms with Gasteiger partial charge in [-0.05, 0) is 104 Å². The van der Waals surface area contributed by atoms with Crippen molar-refractivity contribution in [1.82, 2.24) is 24.3 Å². The fraction of sp³-hybridized carbons (Fsp3) is 0.295. The van der Waals surface area contributed by atoms with E-state index >= 15 is 0 Å². The Balaban J connectivity index is 0.829. The Morgan fingerprint density at radius 2 is 1.62 bits per heavy atom. The number of para-hydroxylation sites is 2. The van der Waals surface area contributed by atoms with Crippen molar-refractivity contribution < 1.29 is 14.3 Å². The van der Waals surface area contributed by atoms with Gasteiger partial charge in [0, 0.05) is 22.5 Å². The maximum absolute atomic E-state index is 13.6. The van der Waals surface area contributed by atoms with Crippen LogP contribution in [0.5, 0.6) is 5.75 Å². The quantitative estimate of drug-likeness (QED) is 0.122. The molecule has 9 rings (SSSR count). The predicted molar refractivity (Wildman–Crippen MR) is 227 cm³/mol. The summed E-state index contributed by atoms with van der Waals surface area (Å²) in [5.74, 6) is 2.48. The van der Waals surface area contributed by atoms with Crippen molar-refractivity contribution in [1.29, 1.82) is 0 Å². The van der Waals surface area contributed by atoms with E-state index in [0.29, 0.717) is 28.3 Å². The number of hydrogen-bond acceptors (Lipinski definition) is 9. The number of benzene rings is 4. The number of hydrogen-bond donors (Lipinski definition) is 1. The second-order valence-electron chi connectivity index (χ2n) is 14.4. The Morgan fingerprint density at radius 3 is 2.48 bits per heavy atom. The van der Waals surface area contributed by atoms with Crippen LogP contribution in [0.3, 0.4) is 0 Å². The van der Waals surface area contributed by atoms with E-state index in [2.05, 4.69) is 58.0 Å². The van der Waals surface area contributed by atoms with Crippen LogP contribution in [0, 0.1) is 0 Å². The Hall–Kier alpha value is -4.91. The van der Waals surface area contributed by atoms with Crippen LogP contribution in [-0.4, -0.2) is 47.6 Å². The van der Waals surface area contributed by atoms with Crippen molar-refractivity contribution >= 4 is 73.5 Å². The van der Waals surface area contributed by atoms with E-state index in [1.165, 1.54) is 95.6 Å². The molecule has 0 aliphatic heterocycles. The lowest BCUT2D eigenvalue weighted by Crippen LogP contribution is -2.18. The molecule has 0 saturated heterocycles. The lowest BCUT2D eigenvalue weighted by Gasteiger charge is -2.22. The van der Waals surface area contributed by atoms with E-state index in [1.807, 2.05) is 63.7 Å². The molecule has 3 aromatic heterocycles. The normalized spacial score (nSPS) is 14.6. The number of fused-ring (bicyclic) bond motifs is 4. The molecule has 3 heterocycles. The number of anilines is 1. The largest absolute Gasteiger partial charge is 0.486 e. The van der Waals surface area contributed by atoms with Crippen molar-refractivity contribution in [3.8, 4) is 11.4 Å². The summed E-state index contributed by atoms with van der Waals surface area (Å²) in [5.41, 5.74) is 7.33. The number of aryl methyl sites for hydroxylation is 1. The van der Waals surface area contributed by atoms with Crippen LogP contribution in [0.4, 0.5) is 5.69 Å². The van der Waals surface area contributed by atoms with Gasteiger partial charge in [-0.15, -0.1) is 21.5 Å². The zero-order chi connectivity index (χ0) is 37.8. The third kappa shape index (κ3) is 7.87. The maximum atomic E-state index is 13.6. The van der Waals surface area contributed by atoms with Gasteiger partial charge >= 0.3 is 0 Å². The molecule has 4 aromatic carbocycles. The van der Waals surface area contributed by atoms with E-state index in [0.717, 1.165) is 50.8 Å². The lowest BCUT2D eigenvalue weighted by atomic mass is 9.84. The van der Waals surface area contributed by atoms with Gasteiger partial charge in [-0.2, -0.15) is 0 Å². The van der Waals surface area contributed by atoms with E-state index in [4.69, 9.17) is 9.72 Å². The molecule has 12 heteroatoms. The van der Waals surface area contributed by atoms with Gasteiger partial charge in [0.25, 0.3) is 0 Å². The number of aromatic nitrogens is 5. The standard InChI is InChI=1S/C44H42N6O3S3/c51-41(27-54-43-48-47-40(49(43)32-13-5-2-6-14-32)26-53-33-22-19-30(20-23-33)29-11-3-1-4-12-29)45-31-21-24-36-39(25-31)56-44(46-36)55-28-42(52)50-37-17-9-7-15-34(37)35-16-8-10-18-38(35)50/h2,5-7,9,13-15,17,19-25,29H,1,3-4,8,10-12,16,18,26-28H2,(H,45,51). The fourth-order valence-electron chi connectivity index (χ4n) is 8.08. The summed E-state index contributed by atoms with van der Waals surface area (Å²) >= 11 is 4.33. The van der Waals surface area contributed by atoms with Gasteiger partial charge in [-0.1, -0.05) is 91.3 Å². The monoisotopic (exact) mass is 798 g/mol. The second kappa shape index (κ2) is 16.7. The molecule has 9 nitrogen and oxygen atoms in total. The van der Waals surface area contributed by atoms with Crippen LogP contribution in [0.2, 0.25) is 0 Å². The van der Waals surface area contributed by atoms with Crippen molar-refractivity contribution in [3.05, 3.63) is 120 Å². The third-order valence-corrected chi connectivity index (χ3v) is 13.8. The number of thiazole rings is 1. The van der Waals surface area contributed by atoms with Crippen molar-refractivity contribution in [2.45, 2.75) is 79.8 Å². The molecule has 56 heavy (non-hydrogen) atoms. The van der Waals surface area contributed by atoms with E-state index < -0.39 is 0 Å². The van der Waals surface area contributed by atoms with Crippen LogP contribution >= 0.6 is 34.9 Å². The van der Waals surface area contributed by atoms with Gasteiger partial charge in [-0.25, -0.2) is 4.98 Å². The lowest BCUT2D eigenvalue weighted by molar-refractivity contribution is -0.113. The summed E-state index contributed by atoms with van der Waals surface area (Å²) in [7, 11) is 0. The van der Waals surface area contributed by atoms with Gasteiger partial charge < -0.3 is 10.1 Å². The first-order chi connectivity index (χ1) is 27.6. The average molecular weight is 799 g/mol. The molecule has 2 aliphatic carbocycles. The molecule has 1 amide bonds. The van der Waals surface area contributed by atoms with Crippen molar-refractivity contribution in [2.75, 3.05) is 16.8 Å². The first-order valence-corrected chi connectivity index (χ1v) is 22.2. The van der Waals surface area contributed by atoms with Crippen LogP contribution in [0.1, 0.15) is 78.3 Å². The minimum Gasteiger partial charge on any atom is -0.486 e. The molecule has 0 atom stereocenters. The minimum atomic E-state index is -0.153. The molecule has 0 unspecified atom stereocenters. The Kier molecular flexibility index (Phi) is 10.9. The molecule has 0 radical (unpaired) electrons. The van der Waals surface area contributed by atoms with Gasteiger partial charge in [0.05, 0.1) is 27.2 Å².